The van der Waals surface area contributed by atoms with Gasteiger partial charge >= 0.3 is 12.4 Å². The minimum Gasteiger partial charge on any atom is -0.406 e. The van der Waals surface area contributed by atoms with Crippen molar-refractivity contribution in [1.82, 2.24) is 14.5 Å². The lowest BCUT2D eigenvalue weighted by Crippen LogP contribution is -2.50. The van der Waals surface area contributed by atoms with Crippen LogP contribution in [0.25, 0.3) is 0 Å². The number of piperazine rings is 1. The van der Waals surface area contributed by atoms with Gasteiger partial charge in [-0.25, -0.2) is 13.2 Å². The molecule has 9 nitrogen and oxygen atoms in total. The van der Waals surface area contributed by atoms with Crippen LogP contribution in [0.3, 0.4) is 0 Å². The summed E-state index contributed by atoms with van der Waals surface area (Å²) in [5.74, 6) is -0.583. The van der Waals surface area contributed by atoms with Crippen molar-refractivity contribution in [2.24, 2.45) is 5.73 Å². The van der Waals surface area contributed by atoms with Crippen LogP contribution >= 0.6 is 0 Å². The number of nitrogens with one attached hydrogen (secondary N) is 1. The van der Waals surface area contributed by atoms with Crippen molar-refractivity contribution in [2.75, 3.05) is 32.7 Å². The predicted octanol–water partition coefficient (Wildman–Crippen LogP) is 1.65. The van der Waals surface area contributed by atoms with E-state index in [2.05, 4.69) is 10.1 Å². The molecule has 1 aromatic carbocycles. The summed E-state index contributed by atoms with van der Waals surface area (Å²) in [7, 11) is -3.89. The molecule has 0 bridgehead atoms. The molecule has 31 heavy (non-hydrogen) atoms. The van der Waals surface area contributed by atoms with Crippen molar-refractivity contribution in [3.63, 3.8) is 0 Å². The number of urea groups is 1. The van der Waals surface area contributed by atoms with Gasteiger partial charge in [0, 0.05) is 39.1 Å². The summed E-state index contributed by atoms with van der Waals surface area (Å²) < 4.78 is 67.0. The molecule has 1 saturated heterocycles. The zero-order valence-corrected chi connectivity index (χ0v) is 17.5. The first kappa shape index (κ1) is 24.7. The SMILES string of the molecule is NC(=O)NCCCCCC(=O)N1CCN(S(=O)(=O)c2ccc(OC(F)(F)F)cc2)CC1. The molecule has 0 aromatic heterocycles. The zero-order chi connectivity index (χ0) is 23.1. The van der Waals surface area contributed by atoms with Crippen LogP contribution in [0.2, 0.25) is 0 Å². The summed E-state index contributed by atoms with van der Waals surface area (Å²) >= 11 is 0. The van der Waals surface area contributed by atoms with E-state index >= 15 is 0 Å². The maximum absolute atomic E-state index is 12.7. The van der Waals surface area contributed by atoms with Gasteiger partial charge in [0.15, 0.2) is 0 Å². The number of primary amides is 1. The van der Waals surface area contributed by atoms with Crippen LogP contribution in [0.1, 0.15) is 25.7 Å². The summed E-state index contributed by atoms with van der Waals surface area (Å²) in [4.78, 5) is 24.3. The second kappa shape index (κ2) is 10.7. The van der Waals surface area contributed by atoms with E-state index in [0.29, 0.717) is 25.8 Å². The third kappa shape index (κ3) is 7.90. The number of unbranched alkanes of at least 4 members (excludes halogenated alkanes) is 2. The fourth-order valence-electron chi connectivity index (χ4n) is 3.09. The van der Waals surface area contributed by atoms with Crippen molar-refractivity contribution in [3.8, 4) is 5.75 Å². The number of hydrogen-bond acceptors (Lipinski definition) is 5. The Morgan fingerprint density at radius 3 is 2.19 bits per heavy atom. The number of ether oxygens (including phenoxy) is 1. The first-order valence-corrected chi connectivity index (χ1v) is 11.1. The van der Waals surface area contributed by atoms with E-state index < -0.39 is 28.2 Å². The fourth-order valence-corrected chi connectivity index (χ4v) is 4.51. The van der Waals surface area contributed by atoms with Gasteiger partial charge in [-0.15, -0.1) is 13.2 Å². The third-order valence-electron chi connectivity index (χ3n) is 4.65. The van der Waals surface area contributed by atoms with Gasteiger partial charge in [0.25, 0.3) is 0 Å². The van der Waals surface area contributed by atoms with Crippen LogP contribution in [-0.4, -0.2) is 68.6 Å². The van der Waals surface area contributed by atoms with E-state index in [-0.39, 0.29) is 37.0 Å². The number of alkyl halides is 3. The van der Waals surface area contributed by atoms with E-state index in [0.717, 1.165) is 30.7 Å². The molecule has 0 unspecified atom stereocenters. The number of carbonyl (C=O) groups is 2. The highest BCUT2D eigenvalue weighted by Gasteiger charge is 2.32. The summed E-state index contributed by atoms with van der Waals surface area (Å²) in [6.07, 6.45) is -2.44. The molecule has 0 atom stereocenters. The Bertz CT molecular complexity index is 854. The van der Waals surface area contributed by atoms with Crippen molar-refractivity contribution in [2.45, 2.75) is 36.9 Å². The molecule has 2 rings (SSSR count). The van der Waals surface area contributed by atoms with Crippen LogP contribution in [0.4, 0.5) is 18.0 Å². The Kier molecular flexibility index (Phi) is 8.51. The van der Waals surface area contributed by atoms with Gasteiger partial charge < -0.3 is 20.7 Å². The number of benzene rings is 1. The smallest absolute Gasteiger partial charge is 0.406 e. The third-order valence-corrected chi connectivity index (χ3v) is 6.57. The van der Waals surface area contributed by atoms with Gasteiger partial charge in [0.1, 0.15) is 5.75 Å². The number of sulfonamides is 1. The Morgan fingerprint density at radius 2 is 1.65 bits per heavy atom. The van der Waals surface area contributed by atoms with E-state index in [1.807, 2.05) is 0 Å². The average Bonchev–Trinajstić information content (AvgIpc) is 2.69. The topological polar surface area (TPSA) is 122 Å². The number of carbonyl (C=O) groups excluding carboxylic acids is 2. The molecule has 1 aliphatic heterocycles. The van der Waals surface area contributed by atoms with Gasteiger partial charge in [-0.05, 0) is 37.1 Å². The number of nitrogens with two attached hydrogens (primary N) is 1. The molecular weight excluding hydrogens is 441 g/mol. The van der Waals surface area contributed by atoms with Crippen LogP contribution in [0.5, 0.6) is 5.75 Å². The maximum Gasteiger partial charge on any atom is 0.573 e. The first-order valence-electron chi connectivity index (χ1n) is 9.66. The number of rotatable bonds is 9. The monoisotopic (exact) mass is 466 g/mol. The molecule has 3 amide bonds. The summed E-state index contributed by atoms with van der Waals surface area (Å²) in [5, 5.41) is 2.47. The normalized spacial score (nSPS) is 15.5. The molecule has 1 aliphatic rings. The standard InChI is InChI=1S/C18H25F3N4O5S/c19-18(20,21)30-14-5-7-15(8-6-14)31(28,29)25-12-10-24(11-13-25)16(26)4-2-1-3-9-23-17(22)27/h5-8H,1-4,9-13H2,(H3,22,23,27). The van der Waals surface area contributed by atoms with E-state index in [1.54, 1.807) is 4.90 Å². The first-order chi connectivity index (χ1) is 14.5. The van der Waals surface area contributed by atoms with E-state index in [1.165, 1.54) is 4.31 Å². The Balaban J connectivity index is 1.80. The largest absolute Gasteiger partial charge is 0.573 e. The number of nitrogens with zero attached hydrogens (tertiary/aromatic N) is 2. The second-order valence-electron chi connectivity index (χ2n) is 6.91. The van der Waals surface area contributed by atoms with E-state index in [4.69, 9.17) is 5.73 Å². The highest BCUT2D eigenvalue weighted by molar-refractivity contribution is 7.89. The van der Waals surface area contributed by atoms with Crippen molar-refractivity contribution < 1.29 is 35.9 Å². The second-order valence-corrected chi connectivity index (χ2v) is 8.84. The quantitative estimate of drug-likeness (QED) is 0.536. The molecule has 0 saturated carbocycles. The summed E-state index contributed by atoms with van der Waals surface area (Å²) in [6, 6.07) is 3.41. The van der Waals surface area contributed by atoms with Crippen molar-refractivity contribution >= 4 is 22.0 Å². The number of hydrogen-bond donors (Lipinski definition) is 2. The lowest BCUT2D eigenvalue weighted by molar-refractivity contribution is -0.274. The van der Waals surface area contributed by atoms with Crippen LogP contribution < -0.4 is 15.8 Å². The molecule has 3 N–H and O–H groups in total. The molecule has 0 aliphatic carbocycles. The van der Waals surface area contributed by atoms with Gasteiger partial charge in [-0.1, -0.05) is 6.42 Å². The molecule has 1 heterocycles. The summed E-state index contributed by atoms with van der Waals surface area (Å²) in [6.45, 7) is 1.10. The average molecular weight is 466 g/mol. The molecular formula is C18H25F3N4O5S. The Morgan fingerprint density at radius 1 is 1.03 bits per heavy atom. The molecule has 1 fully saturated rings. The highest BCUT2D eigenvalue weighted by Crippen LogP contribution is 2.25. The van der Waals surface area contributed by atoms with Crippen molar-refractivity contribution in [3.05, 3.63) is 24.3 Å². The maximum atomic E-state index is 12.7. The van der Waals surface area contributed by atoms with Gasteiger partial charge in [-0.2, -0.15) is 4.31 Å². The molecule has 0 radical (unpaired) electrons. The van der Waals surface area contributed by atoms with Gasteiger partial charge in [0.2, 0.25) is 15.9 Å². The van der Waals surface area contributed by atoms with Crippen molar-refractivity contribution in [1.29, 1.82) is 0 Å². The molecule has 174 valence electrons. The zero-order valence-electron chi connectivity index (χ0n) is 16.7. The summed E-state index contributed by atoms with van der Waals surface area (Å²) in [5.41, 5.74) is 4.96. The van der Waals surface area contributed by atoms with E-state index in [9.17, 15) is 31.2 Å². The minimum atomic E-state index is -4.86. The molecule has 0 spiro atoms. The van der Waals surface area contributed by atoms with Gasteiger partial charge in [-0.3, -0.25) is 4.79 Å². The fraction of sp³-hybridized carbons (Fsp3) is 0.556. The predicted molar refractivity (Wildman–Crippen MR) is 105 cm³/mol. The lowest BCUT2D eigenvalue weighted by atomic mass is 10.1. The Hall–Kier alpha value is -2.54. The Labute approximate surface area is 178 Å². The molecule has 13 heteroatoms. The van der Waals surface area contributed by atoms with Gasteiger partial charge in [0.05, 0.1) is 4.90 Å². The highest BCUT2D eigenvalue weighted by atomic mass is 32.2. The number of halogens is 3. The molecule has 1 aromatic rings. The lowest BCUT2D eigenvalue weighted by Gasteiger charge is -2.34. The number of amides is 3. The van der Waals surface area contributed by atoms with Crippen LogP contribution in [-0.2, 0) is 14.8 Å². The van der Waals surface area contributed by atoms with Crippen LogP contribution in [0, 0.1) is 0 Å². The van der Waals surface area contributed by atoms with Crippen LogP contribution in [0.15, 0.2) is 29.2 Å². The minimum absolute atomic E-state index is 0.0754.